The Bertz CT molecular complexity index is 1510. The summed E-state index contributed by atoms with van der Waals surface area (Å²) in [6.07, 6.45) is 12.6. The van der Waals surface area contributed by atoms with Crippen LogP contribution >= 0.6 is 11.3 Å². The van der Waals surface area contributed by atoms with Crippen molar-refractivity contribution < 1.29 is 0 Å². The van der Waals surface area contributed by atoms with Gasteiger partial charge >= 0.3 is 5.69 Å². The monoisotopic (exact) mass is 429 g/mol. The molecule has 31 heavy (non-hydrogen) atoms. The van der Waals surface area contributed by atoms with Crippen molar-refractivity contribution in [2.24, 2.45) is 7.05 Å². The van der Waals surface area contributed by atoms with Crippen LogP contribution in [0.3, 0.4) is 0 Å². The molecule has 1 N–H and O–H groups in total. The van der Waals surface area contributed by atoms with Gasteiger partial charge in [0.15, 0.2) is 0 Å². The number of fused-ring (bicyclic) bond motifs is 4. The molecule has 5 aromatic rings. The Morgan fingerprint density at radius 1 is 1.16 bits per heavy atom. The fourth-order valence-electron chi connectivity index (χ4n) is 5.44. The zero-order chi connectivity index (χ0) is 20.7. The number of imidazole rings is 1. The highest BCUT2D eigenvalue weighted by atomic mass is 32.1. The first kappa shape index (κ1) is 17.7. The van der Waals surface area contributed by atoms with Gasteiger partial charge in [-0.05, 0) is 43.7 Å². The predicted molar refractivity (Wildman–Crippen MR) is 125 cm³/mol. The van der Waals surface area contributed by atoms with Gasteiger partial charge in [0.2, 0.25) is 0 Å². The highest BCUT2D eigenvalue weighted by Gasteiger charge is 2.33. The number of thiophene rings is 1. The number of rotatable bonds is 3. The van der Waals surface area contributed by atoms with Crippen LogP contribution in [0, 0.1) is 0 Å². The molecule has 0 radical (unpaired) electrons. The van der Waals surface area contributed by atoms with E-state index in [0.717, 1.165) is 34.9 Å². The predicted octanol–water partition coefficient (Wildman–Crippen LogP) is 5.49. The summed E-state index contributed by atoms with van der Waals surface area (Å²) in [5.41, 5.74) is 5.49. The van der Waals surface area contributed by atoms with Crippen LogP contribution in [0.4, 0.5) is 0 Å². The molecule has 2 aliphatic rings. The van der Waals surface area contributed by atoms with E-state index in [2.05, 4.69) is 26.7 Å². The molecule has 2 saturated carbocycles. The molecule has 5 aromatic heterocycles. The maximum atomic E-state index is 13.3. The smallest absolute Gasteiger partial charge is 0.329 e. The highest BCUT2D eigenvalue weighted by molar-refractivity contribution is 7.22. The Hall–Kier alpha value is -2.93. The zero-order valence-corrected chi connectivity index (χ0v) is 18.2. The molecule has 0 bridgehead atoms. The lowest BCUT2D eigenvalue weighted by Crippen LogP contribution is -2.24. The molecule has 6 nitrogen and oxygen atoms in total. The van der Waals surface area contributed by atoms with E-state index in [4.69, 9.17) is 4.98 Å². The number of H-pyrrole nitrogens is 1. The second-order valence-corrected chi connectivity index (χ2v) is 10.2. The third kappa shape index (κ3) is 2.47. The normalized spacial score (nSPS) is 17.6. The van der Waals surface area contributed by atoms with E-state index in [0.29, 0.717) is 5.92 Å². The lowest BCUT2D eigenvalue weighted by molar-refractivity contribution is 0.510. The number of aromatic amines is 1. The van der Waals surface area contributed by atoms with Gasteiger partial charge < -0.3 is 4.98 Å². The minimum absolute atomic E-state index is 0.0804. The molecule has 0 amide bonds. The molecule has 156 valence electrons. The third-order valence-electron chi connectivity index (χ3n) is 7.14. The second-order valence-electron chi connectivity index (χ2n) is 9.08. The van der Waals surface area contributed by atoms with Crippen molar-refractivity contribution in [3.8, 4) is 10.4 Å². The zero-order valence-electron chi connectivity index (χ0n) is 17.4. The summed E-state index contributed by atoms with van der Waals surface area (Å²) < 4.78 is 5.10. The van der Waals surface area contributed by atoms with E-state index in [1.807, 2.05) is 25.6 Å². The van der Waals surface area contributed by atoms with Crippen molar-refractivity contribution in [3.63, 3.8) is 0 Å². The number of nitrogens with one attached hydrogen (secondary N) is 1. The summed E-state index contributed by atoms with van der Waals surface area (Å²) >= 11 is 1.80. The molecule has 5 heterocycles. The fourth-order valence-corrected chi connectivity index (χ4v) is 6.54. The molecule has 0 atom stereocenters. The summed E-state index contributed by atoms with van der Waals surface area (Å²) in [5, 5.41) is 2.28. The first-order chi connectivity index (χ1) is 15.2. The maximum absolute atomic E-state index is 13.3. The average molecular weight is 430 g/mol. The number of hydrogen-bond acceptors (Lipinski definition) is 4. The van der Waals surface area contributed by atoms with Crippen LogP contribution in [-0.4, -0.2) is 24.1 Å². The quantitative estimate of drug-likeness (QED) is 0.413. The lowest BCUT2D eigenvalue weighted by Gasteiger charge is -2.12. The third-order valence-corrected chi connectivity index (χ3v) is 8.27. The van der Waals surface area contributed by atoms with E-state index in [1.165, 1.54) is 51.9 Å². The van der Waals surface area contributed by atoms with Crippen LogP contribution in [0.2, 0.25) is 0 Å². The van der Waals surface area contributed by atoms with Crippen LogP contribution < -0.4 is 5.69 Å². The van der Waals surface area contributed by atoms with Gasteiger partial charge in [-0.1, -0.05) is 12.8 Å². The van der Waals surface area contributed by atoms with Crippen molar-refractivity contribution in [1.29, 1.82) is 0 Å². The van der Waals surface area contributed by atoms with Crippen LogP contribution in [0.1, 0.15) is 56.2 Å². The van der Waals surface area contributed by atoms with Gasteiger partial charge in [-0.3, -0.25) is 14.1 Å². The lowest BCUT2D eigenvalue weighted by atomic mass is 10.1. The summed E-state index contributed by atoms with van der Waals surface area (Å²) in [5.74, 6) is 0.554. The Morgan fingerprint density at radius 3 is 2.77 bits per heavy atom. The fraction of sp³-hybridized carbons (Fsp3) is 0.375. The molecule has 7 rings (SSSR count). The van der Waals surface area contributed by atoms with Crippen LogP contribution in [0.5, 0.6) is 0 Å². The minimum Gasteiger partial charge on any atom is -0.342 e. The van der Waals surface area contributed by atoms with Crippen LogP contribution in [0.25, 0.3) is 42.6 Å². The average Bonchev–Trinajstić information content (AvgIpc) is 3.13. The standard InChI is InChI=1S/C24H23N5OS/c1-28-16-12-26-23-20(22(16)29(24(28)30)15-4-2-3-5-15)19(21(27-23)13-6-7-13)18-10-14-11-25-9-8-17(14)31-18/h8-13,15H,2-7H2,1H3,(H,26,27). The van der Waals surface area contributed by atoms with E-state index < -0.39 is 0 Å². The SMILES string of the molecule is Cn1c(=O)n(C2CCCC2)c2c3c(-c4cc5cnccc5s4)c(C4CC4)[nH]c3ncc21. The highest BCUT2D eigenvalue weighted by Crippen LogP contribution is 2.50. The Kier molecular flexibility index (Phi) is 3.60. The van der Waals surface area contributed by atoms with Crippen molar-refractivity contribution >= 4 is 43.5 Å². The van der Waals surface area contributed by atoms with Gasteiger partial charge in [-0.25, -0.2) is 9.78 Å². The minimum atomic E-state index is 0.0804. The Labute approximate surface area is 182 Å². The number of aromatic nitrogens is 5. The molecule has 0 saturated heterocycles. The number of hydrogen-bond donors (Lipinski definition) is 1. The van der Waals surface area contributed by atoms with E-state index in [-0.39, 0.29) is 11.7 Å². The first-order valence-corrected chi connectivity index (χ1v) is 12.0. The molecule has 0 aliphatic heterocycles. The van der Waals surface area contributed by atoms with E-state index >= 15 is 0 Å². The number of aryl methyl sites for hydroxylation is 1. The first-order valence-electron chi connectivity index (χ1n) is 11.2. The van der Waals surface area contributed by atoms with E-state index in [1.54, 1.807) is 15.9 Å². The molecule has 0 unspecified atom stereocenters. The van der Waals surface area contributed by atoms with Crippen molar-refractivity contribution in [2.75, 3.05) is 0 Å². The molecule has 2 aliphatic carbocycles. The molecule has 2 fully saturated rings. The summed E-state index contributed by atoms with van der Waals surface area (Å²) in [6, 6.07) is 4.61. The molecule has 7 heteroatoms. The van der Waals surface area contributed by atoms with E-state index in [9.17, 15) is 4.79 Å². The van der Waals surface area contributed by atoms with Gasteiger partial charge in [-0.2, -0.15) is 0 Å². The van der Waals surface area contributed by atoms with Crippen molar-refractivity contribution in [2.45, 2.75) is 50.5 Å². The van der Waals surface area contributed by atoms with Crippen LogP contribution in [0.15, 0.2) is 35.5 Å². The topological polar surface area (TPSA) is 68.5 Å². The summed E-state index contributed by atoms with van der Waals surface area (Å²) in [7, 11) is 1.88. The van der Waals surface area contributed by atoms with Gasteiger partial charge in [0.1, 0.15) is 5.65 Å². The molecular formula is C24H23N5OS. The number of pyridine rings is 2. The van der Waals surface area contributed by atoms with Gasteiger partial charge in [-0.15, -0.1) is 11.3 Å². The molecular weight excluding hydrogens is 406 g/mol. The van der Waals surface area contributed by atoms with Crippen molar-refractivity contribution in [3.05, 3.63) is 46.9 Å². The maximum Gasteiger partial charge on any atom is 0.329 e. The van der Waals surface area contributed by atoms with Gasteiger partial charge in [0, 0.05) is 51.7 Å². The molecule has 0 aromatic carbocycles. The Balaban J connectivity index is 1.63. The van der Waals surface area contributed by atoms with Crippen LogP contribution in [-0.2, 0) is 7.05 Å². The number of nitrogens with zero attached hydrogens (tertiary/aromatic N) is 4. The van der Waals surface area contributed by atoms with Gasteiger partial charge in [0.25, 0.3) is 0 Å². The second kappa shape index (κ2) is 6.29. The molecule has 0 spiro atoms. The Morgan fingerprint density at radius 2 is 2.00 bits per heavy atom. The summed E-state index contributed by atoms with van der Waals surface area (Å²) in [4.78, 5) is 27.3. The summed E-state index contributed by atoms with van der Waals surface area (Å²) in [6.45, 7) is 0. The van der Waals surface area contributed by atoms with Crippen molar-refractivity contribution in [1.82, 2.24) is 24.1 Å². The van der Waals surface area contributed by atoms with Gasteiger partial charge in [0.05, 0.1) is 22.6 Å². The largest absolute Gasteiger partial charge is 0.342 e.